The molecular weight excluding hydrogens is 266 g/mol. The minimum absolute atomic E-state index is 0.00409. The van der Waals surface area contributed by atoms with E-state index in [2.05, 4.69) is 10.2 Å². The Labute approximate surface area is 126 Å². The molecule has 0 aromatic heterocycles. The van der Waals surface area contributed by atoms with E-state index in [-0.39, 0.29) is 18.6 Å². The van der Waals surface area contributed by atoms with E-state index in [4.69, 9.17) is 10.8 Å². The molecule has 0 bridgehead atoms. The Hall–Kier alpha value is -1.59. The molecule has 1 aromatic carbocycles. The number of amides is 1. The van der Waals surface area contributed by atoms with E-state index in [0.717, 1.165) is 38.0 Å². The van der Waals surface area contributed by atoms with E-state index in [1.165, 1.54) is 0 Å². The summed E-state index contributed by atoms with van der Waals surface area (Å²) in [5, 5.41) is 12.0. The molecule has 2 rings (SSSR count). The second-order valence-electron chi connectivity index (χ2n) is 5.80. The van der Waals surface area contributed by atoms with E-state index >= 15 is 0 Å². The highest BCUT2D eigenvalue weighted by Crippen LogP contribution is 2.21. The van der Waals surface area contributed by atoms with Crippen LogP contribution in [0.15, 0.2) is 24.3 Å². The zero-order valence-electron chi connectivity index (χ0n) is 12.6. The summed E-state index contributed by atoms with van der Waals surface area (Å²) in [4.78, 5) is 14.5. The molecule has 2 unspecified atom stereocenters. The summed E-state index contributed by atoms with van der Waals surface area (Å²) in [5.41, 5.74) is 7.09. The standard InChI is InChI=1S/C16H25N3O2/c1-12(19-9-2-3-13(11-19)8-10-20)16(21)18-15-6-4-14(17)5-7-15/h4-7,12-13,20H,2-3,8-11,17H2,1H3,(H,18,21). The van der Waals surface area contributed by atoms with Crippen molar-refractivity contribution in [2.75, 3.05) is 30.7 Å². The molecule has 1 aliphatic heterocycles. The van der Waals surface area contributed by atoms with Gasteiger partial charge in [-0.15, -0.1) is 0 Å². The molecule has 0 aliphatic carbocycles. The fourth-order valence-electron chi connectivity index (χ4n) is 2.85. The average Bonchev–Trinajstić information content (AvgIpc) is 2.49. The number of hydrogen-bond acceptors (Lipinski definition) is 4. The summed E-state index contributed by atoms with van der Waals surface area (Å²) >= 11 is 0. The van der Waals surface area contributed by atoms with Crippen LogP contribution in [0.3, 0.4) is 0 Å². The van der Waals surface area contributed by atoms with E-state index in [0.29, 0.717) is 11.6 Å². The first-order valence-electron chi connectivity index (χ1n) is 7.61. The summed E-state index contributed by atoms with van der Waals surface area (Å²) in [7, 11) is 0. The normalized spacial score (nSPS) is 21.0. The Bertz CT molecular complexity index is 459. The lowest BCUT2D eigenvalue weighted by molar-refractivity contribution is -0.121. The van der Waals surface area contributed by atoms with Crippen molar-refractivity contribution in [3.8, 4) is 0 Å². The Morgan fingerprint density at radius 2 is 2.19 bits per heavy atom. The monoisotopic (exact) mass is 291 g/mol. The zero-order valence-corrected chi connectivity index (χ0v) is 12.6. The number of nitrogen functional groups attached to an aromatic ring is 1. The number of nitrogens with two attached hydrogens (primary N) is 1. The first kappa shape index (κ1) is 15.8. The van der Waals surface area contributed by atoms with Crippen molar-refractivity contribution in [3.05, 3.63) is 24.3 Å². The molecule has 1 fully saturated rings. The Morgan fingerprint density at radius 1 is 1.48 bits per heavy atom. The number of rotatable bonds is 5. The van der Waals surface area contributed by atoms with Crippen LogP contribution in [0.4, 0.5) is 11.4 Å². The highest BCUT2D eigenvalue weighted by molar-refractivity contribution is 5.94. The second-order valence-corrected chi connectivity index (χ2v) is 5.80. The Morgan fingerprint density at radius 3 is 2.86 bits per heavy atom. The molecule has 0 saturated carbocycles. The fourth-order valence-corrected chi connectivity index (χ4v) is 2.85. The third kappa shape index (κ3) is 4.44. The number of aliphatic hydroxyl groups excluding tert-OH is 1. The van der Waals surface area contributed by atoms with Crippen LogP contribution in [-0.4, -0.2) is 41.7 Å². The van der Waals surface area contributed by atoms with Gasteiger partial charge < -0.3 is 16.2 Å². The third-order valence-electron chi connectivity index (χ3n) is 4.19. The molecular formula is C16H25N3O2. The van der Waals surface area contributed by atoms with Crippen molar-refractivity contribution in [1.29, 1.82) is 0 Å². The van der Waals surface area contributed by atoms with E-state index in [1.807, 2.05) is 19.1 Å². The third-order valence-corrected chi connectivity index (χ3v) is 4.19. The number of hydrogen-bond donors (Lipinski definition) is 3. The number of likely N-dealkylation sites (tertiary alicyclic amines) is 1. The van der Waals surface area contributed by atoms with Gasteiger partial charge in [-0.3, -0.25) is 9.69 Å². The maximum absolute atomic E-state index is 12.3. The van der Waals surface area contributed by atoms with E-state index < -0.39 is 0 Å². The van der Waals surface area contributed by atoms with Crippen molar-refractivity contribution in [3.63, 3.8) is 0 Å². The number of aliphatic hydroxyl groups is 1. The van der Waals surface area contributed by atoms with Crippen molar-refractivity contribution < 1.29 is 9.90 Å². The summed E-state index contributed by atoms with van der Waals surface area (Å²) in [6.07, 6.45) is 3.05. The molecule has 5 heteroatoms. The van der Waals surface area contributed by atoms with E-state index in [1.54, 1.807) is 12.1 Å². The van der Waals surface area contributed by atoms with Gasteiger partial charge in [0.05, 0.1) is 6.04 Å². The molecule has 0 spiro atoms. The van der Waals surface area contributed by atoms with Crippen LogP contribution in [-0.2, 0) is 4.79 Å². The second kappa shape index (κ2) is 7.43. The van der Waals surface area contributed by atoms with Crippen LogP contribution in [0.5, 0.6) is 0 Å². The Balaban J connectivity index is 1.90. The predicted molar refractivity (Wildman–Crippen MR) is 84.9 cm³/mol. The molecule has 2 atom stereocenters. The largest absolute Gasteiger partial charge is 0.399 e. The fraction of sp³-hybridized carbons (Fsp3) is 0.562. The quantitative estimate of drug-likeness (QED) is 0.721. The van der Waals surface area contributed by atoms with Crippen LogP contribution < -0.4 is 11.1 Å². The number of piperidine rings is 1. The van der Waals surface area contributed by atoms with Crippen LogP contribution >= 0.6 is 0 Å². The minimum atomic E-state index is -0.163. The predicted octanol–water partition coefficient (Wildman–Crippen LogP) is 1.69. The van der Waals surface area contributed by atoms with Crippen LogP contribution in [0.2, 0.25) is 0 Å². The first-order chi connectivity index (χ1) is 10.1. The first-order valence-corrected chi connectivity index (χ1v) is 7.61. The van der Waals surface area contributed by atoms with Gasteiger partial charge in [0, 0.05) is 24.5 Å². The molecule has 1 aliphatic rings. The maximum Gasteiger partial charge on any atom is 0.241 e. The molecule has 21 heavy (non-hydrogen) atoms. The maximum atomic E-state index is 12.3. The zero-order chi connectivity index (χ0) is 15.2. The molecule has 1 heterocycles. The number of benzene rings is 1. The molecule has 4 N–H and O–H groups in total. The molecule has 1 saturated heterocycles. The summed E-state index contributed by atoms with van der Waals surface area (Å²) < 4.78 is 0. The molecule has 116 valence electrons. The molecule has 1 amide bonds. The van der Waals surface area contributed by atoms with Gasteiger partial charge in [-0.1, -0.05) is 0 Å². The number of nitrogens with one attached hydrogen (secondary N) is 1. The number of carbonyl (C=O) groups excluding carboxylic acids is 1. The van der Waals surface area contributed by atoms with Gasteiger partial charge in [0.2, 0.25) is 5.91 Å². The van der Waals surface area contributed by atoms with Gasteiger partial charge in [-0.05, 0) is 62.9 Å². The lowest BCUT2D eigenvalue weighted by Gasteiger charge is -2.36. The van der Waals surface area contributed by atoms with Crippen LogP contribution in [0.25, 0.3) is 0 Å². The molecule has 5 nitrogen and oxygen atoms in total. The molecule has 1 aromatic rings. The van der Waals surface area contributed by atoms with Crippen molar-refractivity contribution in [2.45, 2.75) is 32.2 Å². The SMILES string of the molecule is CC(C(=O)Nc1ccc(N)cc1)N1CCCC(CCO)C1. The van der Waals surface area contributed by atoms with Gasteiger partial charge in [0.15, 0.2) is 0 Å². The average molecular weight is 291 g/mol. The van der Waals surface area contributed by atoms with Gasteiger partial charge in [-0.2, -0.15) is 0 Å². The summed E-state index contributed by atoms with van der Waals surface area (Å²) in [6.45, 7) is 3.99. The van der Waals surface area contributed by atoms with Crippen molar-refractivity contribution in [2.24, 2.45) is 5.92 Å². The van der Waals surface area contributed by atoms with Crippen LogP contribution in [0.1, 0.15) is 26.2 Å². The Kier molecular flexibility index (Phi) is 5.59. The summed E-state index contributed by atoms with van der Waals surface area (Å²) in [5.74, 6) is 0.500. The van der Waals surface area contributed by atoms with Crippen LogP contribution in [0, 0.1) is 5.92 Å². The highest BCUT2D eigenvalue weighted by Gasteiger charge is 2.27. The topological polar surface area (TPSA) is 78.6 Å². The van der Waals surface area contributed by atoms with Gasteiger partial charge in [0.1, 0.15) is 0 Å². The minimum Gasteiger partial charge on any atom is -0.399 e. The number of carbonyl (C=O) groups is 1. The van der Waals surface area contributed by atoms with Gasteiger partial charge in [-0.25, -0.2) is 0 Å². The van der Waals surface area contributed by atoms with Gasteiger partial charge >= 0.3 is 0 Å². The molecule has 0 radical (unpaired) electrons. The van der Waals surface area contributed by atoms with E-state index in [9.17, 15) is 4.79 Å². The lowest BCUT2D eigenvalue weighted by Crippen LogP contribution is -2.47. The highest BCUT2D eigenvalue weighted by atomic mass is 16.3. The summed E-state index contributed by atoms with van der Waals surface area (Å²) in [6, 6.07) is 7.01. The lowest BCUT2D eigenvalue weighted by atomic mass is 9.94. The van der Waals surface area contributed by atoms with Gasteiger partial charge in [0.25, 0.3) is 0 Å². The van der Waals surface area contributed by atoms with Crippen molar-refractivity contribution >= 4 is 17.3 Å². The smallest absolute Gasteiger partial charge is 0.241 e. The number of nitrogens with zero attached hydrogens (tertiary/aromatic N) is 1. The number of anilines is 2. The van der Waals surface area contributed by atoms with Crippen molar-refractivity contribution in [1.82, 2.24) is 4.90 Å².